The number of likely N-dealkylation sites (N-methyl/N-ethyl adjacent to an activating group) is 1. The summed E-state index contributed by atoms with van der Waals surface area (Å²) in [5, 5.41) is 3.44. The number of likely N-dealkylation sites (tertiary alicyclic amines) is 1. The average molecular weight is 283 g/mol. The summed E-state index contributed by atoms with van der Waals surface area (Å²) in [5.41, 5.74) is 1.75. The highest BCUT2D eigenvalue weighted by Crippen LogP contribution is 2.20. The van der Waals surface area contributed by atoms with Crippen LogP contribution in [0.4, 0.5) is 5.82 Å². The lowest BCUT2D eigenvalue weighted by Crippen LogP contribution is -2.50. The highest BCUT2D eigenvalue weighted by Gasteiger charge is 2.25. The number of nitrogens with zero attached hydrogens (tertiary/aromatic N) is 4. The maximum absolute atomic E-state index is 4.47. The number of hydrogen-bond donors (Lipinski definition) is 1. The van der Waals surface area contributed by atoms with Gasteiger partial charge in [0, 0.05) is 31.4 Å². The largest absolute Gasteiger partial charge is 0.368 e. The van der Waals surface area contributed by atoms with Gasteiger partial charge in [-0.05, 0) is 32.0 Å². The molecule has 0 saturated carbocycles. The molecule has 2 aromatic rings. The molecule has 1 N–H and O–H groups in total. The van der Waals surface area contributed by atoms with Gasteiger partial charge in [0.1, 0.15) is 11.6 Å². The van der Waals surface area contributed by atoms with Gasteiger partial charge in [0.05, 0.1) is 11.4 Å². The van der Waals surface area contributed by atoms with Gasteiger partial charge in [0.25, 0.3) is 0 Å². The van der Waals surface area contributed by atoms with Crippen molar-refractivity contribution >= 4 is 5.82 Å². The van der Waals surface area contributed by atoms with E-state index < -0.39 is 0 Å². The van der Waals surface area contributed by atoms with Gasteiger partial charge in [-0.25, -0.2) is 9.97 Å². The highest BCUT2D eigenvalue weighted by molar-refractivity contribution is 5.58. The molecule has 0 amide bonds. The highest BCUT2D eigenvalue weighted by atomic mass is 15.2. The molecule has 1 aliphatic rings. The topological polar surface area (TPSA) is 53.9 Å². The van der Waals surface area contributed by atoms with Crippen LogP contribution in [0.1, 0.15) is 19.2 Å². The van der Waals surface area contributed by atoms with Crippen molar-refractivity contribution in [1.29, 1.82) is 0 Å². The molecule has 1 aliphatic heterocycles. The van der Waals surface area contributed by atoms with Crippen LogP contribution in [0.3, 0.4) is 0 Å². The molecule has 0 bridgehead atoms. The molecule has 1 saturated heterocycles. The van der Waals surface area contributed by atoms with E-state index in [2.05, 4.69) is 32.1 Å². The molecule has 1 unspecified atom stereocenters. The van der Waals surface area contributed by atoms with Crippen LogP contribution in [0.5, 0.6) is 0 Å². The first-order valence-corrected chi connectivity index (χ1v) is 7.51. The summed E-state index contributed by atoms with van der Waals surface area (Å²) < 4.78 is 0. The van der Waals surface area contributed by atoms with Gasteiger partial charge in [-0.3, -0.25) is 9.88 Å². The lowest BCUT2D eigenvalue weighted by molar-refractivity contribution is 0.108. The zero-order valence-electron chi connectivity index (χ0n) is 12.6. The predicted molar refractivity (Wildman–Crippen MR) is 84.1 cm³/mol. The van der Waals surface area contributed by atoms with Gasteiger partial charge in [0.15, 0.2) is 0 Å². The van der Waals surface area contributed by atoms with Crippen LogP contribution in [-0.2, 0) is 0 Å². The minimum absolute atomic E-state index is 0.628. The third-order valence-electron chi connectivity index (χ3n) is 3.96. The van der Waals surface area contributed by atoms with Crippen LogP contribution >= 0.6 is 0 Å². The van der Waals surface area contributed by atoms with E-state index in [9.17, 15) is 0 Å². The molecule has 2 aromatic heterocycles. The maximum Gasteiger partial charge on any atom is 0.130 e. The van der Waals surface area contributed by atoms with Gasteiger partial charge in [0.2, 0.25) is 0 Å². The van der Waals surface area contributed by atoms with E-state index in [1.807, 2.05) is 31.2 Å². The lowest BCUT2D eigenvalue weighted by Gasteiger charge is -2.40. The number of rotatable bonds is 5. The summed E-state index contributed by atoms with van der Waals surface area (Å²) in [5.74, 6) is 1.65. The summed E-state index contributed by atoms with van der Waals surface area (Å²) in [4.78, 5) is 15.8. The Balaban J connectivity index is 1.72. The molecule has 1 fully saturated rings. The van der Waals surface area contributed by atoms with Gasteiger partial charge < -0.3 is 5.32 Å². The number of anilines is 1. The van der Waals surface area contributed by atoms with E-state index in [0.29, 0.717) is 6.04 Å². The minimum atomic E-state index is 0.628. The second-order valence-electron chi connectivity index (χ2n) is 5.35. The fraction of sp³-hybridized carbons (Fsp3) is 0.438. The van der Waals surface area contributed by atoms with Crippen molar-refractivity contribution in [1.82, 2.24) is 19.9 Å². The predicted octanol–water partition coefficient (Wildman–Crippen LogP) is 2.35. The van der Waals surface area contributed by atoms with Crippen molar-refractivity contribution in [3.05, 3.63) is 36.3 Å². The lowest BCUT2D eigenvalue weighted by atomic mass is 10.0. The van der Waals surface area contributed by atoms with Crippen LogP contribution in [0.25, 0.3) is 11.4 Å². The van der Waals surface area contributed by atoms with E-state index in [4.69, 9.17) is 0 Å². The van der Waals surface area contributed by atoms with Crippen LogP contribution in [0.15, 0.2) is 30.5 Å². The Bertz CT molecular complexity index is 597. The number of hydrogen-bond acceptors (Lipinski definition) is 5. The fourth-order valence-corrected chi connectivity index (χ4v) is 2.67. The maximum atomic E-state index is 4.47. The van der Waals surface area contributed by atoms with Gasteiger partial charge in [-0.1, -0.05) is 13.0 Å². The number of pyridine rings is 1. The first-order valence-electron chi connectivity index (χ1n) is 7.51. The Labute approximate surface area is 125 Å². The van der Waals surface area contributed by atoms with Gasteiger partial charge >= 0.3 is 0 Å². The quantitative estimate of drug-likeness (QED) is 0.913. The molecule has 5 nitrogen and oxygen atoms in total. The van der Waals surface area contributed by atoms with Gasteiger partial charge in [-0.2, -0.15) is 0 Å². The molecule has 1 atom stereocenters. The SMILES string of the molecule is CCN1CCC1CNc1cc(-c2ccccn2)nc(C)n1. The number of nitrogens with one attached hydrogen (secondary N) is 1. The third kappa shape index (κ3) is 3.19. The molecule has 3 heterocycles. The van der Waals surface area contributed by atoms with Crippen molar-refractivity contribution in [2.24, 2.45) is 0 Å². The second-order valence-corrected chi connectivity index (χ2v) is 5.35. The van der Waals surface area contributed by atoms with Crippen LogP contribution in [0.2, 0.25) is 0 Å². The first-order chi connectivity index (χ1) is 10.3. The zero-order chi connectivity index (χ0) is 14.7. The molecule has 0 aliphatic carbocycles. The smallest absolute Gasteiger partial charge is 0.130 e. The molecule has 0 aromatic carbocycles. The Hall–Kier alpha value is -2.01. The third-order valence-corrected chi connectivity index (χ3v) is 3.96. The number of aryl methyl sites for hydroxylation is 1. The van der Waals surface area contributed by atoms with Crippen molar-refractivity contribution < 1.29 is 0 Å². The number of aromatic nitrogens is 3. The van der Waals surface area contributed by atoms with Crippen molar-refractivity contribution in [2.45, 2.75) is 26.3 Å². The van der Waals surface area contributed by atoms with Crippen molar-refractivity contribution in [3.8, 4) is 11.4 Å². The summed E-state index contributed by atoms with van der Waals surface area (Å²) in [7, 11) is 0. The standard InChI is InChI=1S/C16H21N5/c1-3-21-9-7-13(21)11-18-16-10-15(19-12(2)20-16)14-6-4-5-8-17-14/h4-6,8,10,13H,3,7,9,11H2,1-2H3,(H,18,19,20). The van der Waals surface area contributed by atoms with E-state index in [0.717, 1.165) is 36.1 Å². The summed E-state index contributed by atoms with van der Waals surface area (Å²) in [6.45, 7) is 7.39. The Morgan fingerprint density at radius 1 is 1.29 bits per heavy atom. The van der Waals surface area contributed by atoms with E-state index in [-0.39, 0.29) is 0 Å². The average Bonchev–Trinajstić information content (AvgIpc) is 2.47. The molecule has 110 valence electrons. The van der Waals surface area contributed by atoms with Crippen LogP contribution in [0, 0.1) is 6.92 Å². The summed E-state index contributed by atoms with van der Waals surface area (Å²) in [6.07, 6.45) is 3.05. The molecule has 0 radical (unpaired) electrons. The normalized spacial score (nSPS) is 18.3. The van der Waals surface area contributed by atoms with Crippen molar-refractivity contribution in [3.63, 3.8) is 0 Å². The first kappa shape index (κ1) is 13.9. The molecular formula is C16H21N5. The Morgan fingerprint density at radius 2 is 2.19 bits per heavy atom. The van der Waals surface area contributed by atoms with Crippen LogP contribution in [-0.4, -0.2) is 45.5 Å². The molecule has 5 heteroatoms. The molecular weight excluding hydrogens is 262 g/mol. The monoisotopic (exact) mass is 283 g/mol. The molecule has 0 spiro atoms. The second kappa shape index (κ2) is 6.18. The van der Waals surface area contributed by atoms with Crippen molar-refractivity contribution in [2.75, 3.05) is 25.0 Å². The minimum Gasteiger partial charge on any atom is -0.368 e. The Kier molecular flexibility index (Phi) is 4.10. The zero-order valence-corrected chi connectivity index (χ0v) is 12.6. The summed E-state index contributed by atoms with van der Waals surface area (Å²) >= 11 is 0. The van der Waals surface area contributed by atoms with E-state index in [1.54, 1.807) is 6.20 Å². The fourth-order valence-electron chi connectivity index (χ4n) is 2.67. The Morgan fingerprint density at radius 3 is 2.86 bits per heavy atom. The molecule has 21 heavy (non-hydrogen) atoms. The van der Waals surface area contributed by atoms with Gasteiger partial charge in [-0.15, -0.1) is 0 Å². The molecule has 3 rings (SSSR count). The summed E-state index contributed by atoms with van der Waals surface area (Å²) in [6, 6.07) is 8.46. The van der Waals surface area contributed by atoms with E-state index in [1.165, 1.54) is 13.0 Å². The van der Waals surface area contributed by atoms with E-state index >= 15 is 0 Å². The van der Waals surface area contributed by atoms with Crippen LogP contribution < -0.4 is 5.32 Å².